The van der Waals surface area contributed by atoms with Crippen LogP contribution < -0.4 is 11.1 Å². The van der Waals surface area contributed by atoms with Gasteiger partial charge < -0.3 is 11.1 Å². The van der Waals surface area contributed by atoms with Crippen LogP contribution in [0.5, 0.6) is 0 Å². The molecule has 21 heavy (non-hydrogen) atoms. The van der Waals surface area contributed by atoms with Gasteiger partial charge in [-0.1, -0.05) is 16.6 Å². The SMILES string of the molecule is NC(=O)[C@@H](CNC(=O)c1cnns1)Cc1ccc(F)cc1. The molecule has 0 fully saturated rings. The number of amides is 2. The molecule has 0 aliphatic rings. The lowest BCUT2D eigenvalue weighted by atomic mass is 9.98. The molecule has 2 aromatic rings. The molecule has 0 spiro atoms. The highest BCUT2D eigenvalue weighted by Gasteiger charge is 2.18. The van der Waals surface area contributed by atoms with Crippen LogP contribution in [0.25, 0.3) is 0 Å². The predicted molar refractivity (Wildman–Crippen MR) is 75.0 cm³/mol. The van der Waals surface area contributed by atoms with Crippen molar-refractivity contribution in [3.05, 3.63) is 46.7 Å². The maximum absolute atomic E-state index is 12.8. The lowest BCUT2D eigenvalue weighted by Gasteiger charge is -2.14. The summed E-state index contributed by atoms with van der Waals surface area (Å²) < 4.78 is 16.4. The van der Waals surface area contributed by atoms with Crippen molar-refractivity contribution in [3.63, 3.8) is 0 Å². The van der Waals surface area contributed by atoms with Gasteiger partial charge in [0.05, 0.1) is 12.1 Å². The number of primary amides is 1. The third-order valence-electron chi connectivity index (χ3n) is 2.89. The average molecular weight is 308 g/mol. The minimum Gasteiger partial charge on any atom is -0.369 e. The molecule has 0 saturated heterocycles. The zero-order valence-corrected chi connectivity index (χ0v) is 11.8. The number of rotatable bonds is 6. The Bertz CT molecular complexity index is 616. The Hall–Kier alpha value is -2.35. The number of hydrogen-bond donors (Lipinski definition) is 2. The van der Waals surface area contributed by atoms with Crippen molar-refractivity contribution in [2.24, 2.45) is 11.7 Å². The fourth-order valence-electron chi connectivity index (χ4n) is 1.75. The van der Waals surface area contributed by atoms with Gasteiger partial charge in [0.2, 0.25) is 5.91 Å². The molecule has 6 nitrogen and oxygen atoms in total. The maximum Gasteiger partial charge on any atom is 0.264 e. The van der Waals surface area contributed by atoms with Crippen LogP contribution in [-0.2, 0) is 11.2 Å². The van der Waals surface area contributed by atoms with Crippen LogP contribution in [0.3, 0.4) is 0 Å². The van der Waals surface area contributed by atoms with Gasteiger partial charge in [0.15, 0.2) is 0 Å². The van der Waals surface area contributed by atoms with Gasteiger partial charge in [-0.25, -0.2) is 4.39 Å². The third-order valence-corrected chi connectivity index (χ3v) is 3.56. The highest BCUT2D eigenvalue weighted by molar-refractivity contribution is 7.07. The summed E-state index contributed by atoms with van der Waals surface area (Å²) in [5.74, 6) is -1.79. The van der Waals surface area contributed by atoms with E-state index in [2.05, 4.69) is 14.9 Å². The number of carbonyl (C=O) groups excluding carboxylic acids is 2. The van der Waals surface area contributed by atoms with Crippen LogP contribution in [0, 0.1) is 11.7 Å². The molecule has 1 aromatic carbocycles. The molecule has 0 unspecified atom stereocenters. The molecule has 1 heterocycles. The van der Waals surface area contributed by atoms with Crippen molar-refractivity contribution in [2.45, 2.75) is 6.42 Å². The van der Waals surface area contributed by atoms with Crippen LogP contribution in [-0.4, -0.2) is 27.9 Å². The van der Waals surface area contributed by atoms with E-state index in [1.807, 2.05) is 0 Å². The van der Waals surface area contributed by atoms with Gasteiger partial charge in [-0.15, -0.1) is 5.10 Å². The zero-order valence-electron chi connectivity index (χ0n) is 11.0. The van der Waals surface area contributed by atoms with Gasteiger partial charge in [0, 0.05) is 6.54 Å². The molecule has 0 aliphatic heterocycles. The van der Waals surface area contributed by atoms with Crippen LogP contribution in [0.4, 0.5) is 4.39 Å². The lowest BCUT2D eigenvalue weighted by Crippen LogP contribution is -2.37. The van der Waals surface area contributed by atoms with E-state index in [0.717, 1.165) is 17.1 Å². The molecule has 2 rings (SSSR count). The predicted octanol–water partition coefficient (Wildman–Crippen LogP) is 0.751. The summed E-state index contributed by atoms with van der Waals surface area (Å²) in [6, 6.07) is 5.80. The first-order chi connectivity index (χ1) is 10.1. The van der Waals surface area contributed by atoms with E-state index >= 15 is 0 Å². The standard InChI is InChI=1S/C13H13FN4O2S/c14-10-3-1-8(2-4-10)5-9(12(15)19)6-16-13(20)11-7-17-18-21-11/h1-4,7,9H,5-6H2,(H2,15,19)(H,16,20)/t9-/m1/s1. The van der Waals surface area contributed by atoms with Crippen molar-refractivity contribution < 1.29 is 14.0 Å². The molecule has 0 aliphatic carbocycles. The highest BCUT2D eigenvalue weighted by Crippen LogP contribution is 2.10. The van der Waals surface area contributed by atoms with Crippen LogP contribution in [0.2, 0.25) is 0 Å². The van der Waals surface area contributed by atoms with Gasteiger partial charge in [0.1, 0.15) is 10.7 Å². The number of carbonyl (C=O) groups is 2. The molecule has 8 heteroatoms. The molecule has 3 N–H and O–H groups in total. The quantitative estimate of drug-likeness (QED) is 0.823. The second-order valence-corrected chi connectivity index (χ2v) is 5.21. The molecule has 1 aromatic heterocycles. The Morgan fingerprint density at radius 3 is 2.62 bits per heavy atom. The van der Waals surface area contributed by atoms with Gasteiger partial charge in [0.25, 0.3) is 5.91 Å². The minimum absolute atomic E-state index is 0.101. The van der Waals surface area contributed by atoms with Gasteiger partial charge >= 0.3 is 0 Å². The summed E-state index contributed by atoms with van der Waals surface area (Å²) in [5.41, 5.74) is 6.11. The monoisotopic (exact) mass is 308 g/mol. The first-order valence-electron chi connectivity index (χ1n) is 6.15. The molecule has 0 saturated carbocycles. The second kappa shape index (κ2) is 6.89. The summed E-state index contributed by atoms with van der Waals surface area (Å²) in [5, 5.41) is 6.18. The summed E-state index contributed by atoms with van der Waals surface area (Å²) in [4.78, 5) is 23.6. The van der Waals surface area contributed by atoms with E-state index in [9.17, 15) is 14.0 Å². The van der Waals surface area contributed by atoms with Crippen LogP contribution >= 0.6 is 11.5 Å². The maximum atomic E-state index is 12.8. The van der Waals surface area contributed by atoms with Crippen molar-refractivity contribution in [3.8, 4) is 0 Å². The number of nitrogens with one attached hydrogen (secondary N) is 1. The largest absolute Gasteiger partial charge is 0.369 e. The van der Waals surface area contributed by atoms with Crippen molar-refractivity contribution in [1.82, 2.24) is 14.9 Å². The number of aromatic nitrogens is 2. The fraction of sp³-hybridized carbons (Fsp3) is 0.231. The molecule has 0 radical (unpaired) electrons. The number of nitrogens with two attached hydrogens (primary N) is 1. The first-order valence-corrected chi connectivity index (χ1v) is 6.93. The van der Waals surface area contributed by atoms with Crippen molar-refractivity contribution >= 4 is 23.3 Å². The minimum atomic E-state index is -0.569. The zero-order chi connectivity index (χ0) is 15.2. The Balaban J connectivity index is 1.94. The number of benzene rings is 1. The normalized spacial score (nSPS) is 11.9. The van der Waals surface area contributed by atoms with Crippen molar-refractivity contribution in [2.75, 3.05) is 6.54 Å². The van der Waals surface area contributed by atoms with Crippen molar-refractivity contribution in [1.29, 1.82) is 0 Å². The lowest BCUT2D eigenvalue weighted by molar-refractivity contribution is -0.121. The highest BCUT2D eigenvalue weighted by atomic mass is 32.1. The summed E-state index contributed by atoms with van der Waals surface area (Å²) >= 11 is 0.966. The third kappa shape index (κ3) is 4.32. The fourth-order valence-corrected chi connectivity index (χ4v) is 2.18. The van der Waals surface area contributed by atoms with E-state index < -0.39 is 11.8 Å². The van der Waals surface area contributed by atoms with E-state index in [4.69, 9.17) is 5.73 Å². The molecule has 2 amide bonds. The molecule has 1 atom stereocenters. The van der Waals surface area contributed by atoms with E-state index in [1.165, 1.54) is 18.3 Å². The number of nitrogens with zero attached hydrogens (tertiary/aromatic N) is 2. The van der Waals surface area contributed by atoms with E-state index in [1.54, 1.807) is 12.1 Å². The Labute approximate surface area is 124 Å². The Kier molecular flexibility index (Phi) is 4.94. The Morgan fingerprint density at radius 1 is 1.33 bits per heavy atom. The van der Waals surface area contributed by atoms with Gasteiger partial charge in [-0.05, 0) is 35.6 Å². The van der Waals surface area contributed by atoms with E-state index in [-0.39, 0.29) is 18.3 Å². The summed E-state index contributed by atoms with van der Waals surface area (Å²) in [7, 11) is 0. The van der Waals surface area contributed by atoms with E-state index in [0.29, 0.717) is 11.3 Å². The Morgan fingerprint density at radius 2 is 2.05 bits per heavy atom. The smallest absolute Gasteiger partial charge is 0.264 e. The molecular weight excluding hydrogens is 295 g/mol. The average Bonchev–Trinajstić information content (AvgIpc) is 2.99. The number of halogens is 1. The number of hydrogen-bond acceptors (Lipinski definition) is 5. The van der Waals surface area contributed by atoms with Gasteiger partial charge in [-0.2, -0.15) is 0 Å². The molecule has 0 bridgehead atoms. The van der Waals surface area contributed by atoms with Crippen LogP contribution in [0.15, 0.2) is 30.5 Å². The van der Waals surface area contributed by atoms with Crippen LogP contribution in [0.1, 0.15) is 15.2 Å². The first kappa shape index (κ1) is 15.0. The summed E-state index contributed by atoms with van der Waals surface area (Å²) in [6.45, 7) is 0.101. The van der Waals surface area contributed by atoms with Gasteiger partial charge in [-0.3, -0.25) is 9.59 Å². The second-order valence-electron chi connectivity index (χ2n) is 4.42. The summed E-state index contributed by atoms with van der Waals surface area (Å²) in [6.07, 6.45) is 1.68. The molecule has 110 valence electrons. The topological polar surface area (TPSA) is 98.0 Å². The molecular formula is C13H13FN4O2S.